The number of nitrogens with zero attached hydrogens (tertiary/aromatic N) is 1. The minimum atomic E-state index is 0.349. The quantitative estimate of drug-likeness (QED) is 0.696. The van der Waals surface area contributed by atoms with Crippen molar-refractivity contribution in [1.82, 2.24) is 10.2 Å². The molecule has 0 unspecified atom stereocenters. The van der Waals surface area contributed by atoms with E-state index >= 15 is 0 Å². The summed E-state index contributed by atoms with van der Waals surface area (Å²) in [6.45, 7) is 20.6. The standard InChI is InChI=1S/C13H28N2.C2H6.H3NS/c1-6-12(2,3)11-13(4,5)15-9-7-14-8-10-15;2*1-2/h14H,6-11H2,1-5H3;1-2H3;2H,1H2. The van der Waals surface area contributed by atoms with Crippen molar-refractivity contribution in [3.8, 4) is 0 Å². The molecule has 0 saturated carbocycles. The maximum absolute atomic E-state index is 4.19. The van der Waals surface area contributed by atoms with Gasteiger partial charge in [0.25, 0.3) is 0 Å². The highest BCUT2D eigenvalue weighted by molar-refractivity contribution is 7.77. The lowest BCUT2D eigenvalue weighted by atomic mass is 9.77. The van der Waals surface area contributed by atoms with Crippen LogP contribution < -0.4 is 10.5 Å². The Labute approximate surface area is 127 Å². The van der Waals surface area contributed by atoms with Crippen LogP contribution in [0.1, 0.15) is 61.3 Å². The van der Waals surface area contributed by atoms with Crippen LogP contribution in [0.3, 0.4) is 0 Å². The topological polar surface area (TPSA) is 41.3 Å². The van der Waals surface area contributed by atoms with Gasteiger partial charge in [-0.2, -0.15) is 0 Å². The molecule has 118 valence electrons. The Morgan fingerprint density at radius 1 is 1.05 bits per heavy atom. The molecule has 0 aromatic rings. The minimum Gasteiger partial charge on any atom is -0.314 e. The molecule has 3 N–H and O–H groups in total. The maximum Gasteiger partial charge on any atom is 0.0159 e. The Hall–Kier alpha value is 0.230. The van der Waals surface area contributed by atoms with E-state index in [2.05, 4.69) is 62.8 Å². The van der Waals surface area contributed by atoms with Crippen LogP contribution in [0.5, 0.6) is 0 Å². The number of nitrogens with one attached hydrogen (secondary N) is 1. The molecule has 0 atom stereocenters. The van der Waals surface area contributed by atoms with Crippen LogP contribution in [0.2, 0.25) is 0 Å². The van der Waals surface area contributed by atoms with E-state index in [4.69, 9.17) is 0 Å². The van der Waals surface area contributed by atoms with Gasteiger partial charge in [0.05, 0.1) is 0 Å². The molecule has 0 spiro atoms. The van der Waals surface area contributed by atoms with E-state index in [0.717, 1.165) is 13.1 Å². The zero-order valence-corrected chi connectivity index (χ0v) is 15.1. The van der Waals surface area contributed by atoms with Crippen LogP contribution >= 0.6 is 12.8 Å². The van der Waals surface area contributed by atoms with Crippen molar-refractivity contribution < 1.29 is 0 Å². The normalized spacial score (nSPS) is 16.9. The number of hydrogen-bond acceptors (Lipinski definition) is 4. The zero-order chi connectivity index (χ0) is 15.5. The van der Waals surface area contributed by atoms with Crippen LogP contribution in [0.15, 0.2) is 0 Å². The highest BCUT2D eigenvalue weighted by Gasteiger charge is 2.33. The van der Waals surface area contributed by atoms with Crippen molar-refractivity contribution in [2.24, 2.45) is 10.6 Å². The number of thiol groups is 1. The first-order valence-electron chi connectivity index (χ1n) is 7.59. The lowest BCUT2D eigenvalue weighted by Gasteiger charge is -2.45. The lowest BCUT2D eigenvalue weighted by Crippen LogP contribution is -2.54. The fraction of sp³-hybridized carbons (Fsp3) is 1.00. The van der Waals surface area contributed by atoms with Crippen LogP contribution in [-0.4, -0.2) is 36.6 Å². The molecule has 0 aromatic carbocycles. The molecule has 0 aromatic heterocycles. The van der Waals surface area contributed by atoms with Crippen LogP contribution in [0, 0.1) is 5.41 Å². The highest BCUT2D eigenvalue weighted by atomic mass is 32.1. The second-order valence-electron chi connectivity index (χ2n) is 6.24. The molecule has 0 radical (unpaired) electrons. The number of hydrogen-bond donors (Lipinski definition) is 3. The first-order chi connectivity index (χ1) is 8.87. The zero-order valence-electron chi connectivity index (χ0n) is 14.2. The lowest BCUT2D eigenvalue weighted by molar-refractivity contribution is 0.0594. The molecule has 3 nitrogen and oxygen atoms in total. The smallest absolute Gasteiger partial charge is 0.0159 e. The van der Waals surface area contributed by atoms with Gasteiger partial charge in [-0.1, -0.05) is 41.0 Å². The van der Waals surface area contributed by atoms with Crippen molar-refractivity contribution in [1.29, 1.82) is 0 Å². The van der Waals surface area contributed by atoms with E-state index in [1.165, 1.54) is 25.9 Å². The van der Waals surface area contributed by atoms with E-state index in [-0.39, 0.29) is 0 Å². The van der Waals surface area contributed by atoms with Gasteiger partial charge in [0, 0.05) is 31.7 Å². The van der Waals surface area contributed by atoms with Crippen molar-refractivity contribution in [3.05, 3.63) is 0 Å². The molecule has 1 heterocycles. The summed E-state index contributed by atoms with van der Waals surface area (Å²) in [5.41, 5.74) is 0.815. The molecule has 1 rings (SSSR count). The third-order valence-corrected chi connectivity index (χ3v) is 3.84. The number of piperazine rings is 1. The van der Waals surface area contributed by atoms with Gasteiger partial charge in [-0.25, -0.2) is 0 Å². The molecular formula is C15H37N3S. The summed E-state index contributed by atoms with van der Waals surface area (Å²) in [5, 5.41) is 7.62. The van der Waals surface area contributed by atoms with E-state index in [1.807, 2.05) is 13.8 Å². The first-order valence-corrected chi connectivity index (χ1v) is 8.11. The van der Waals surface area contributed by atoms with E-state index in [9.17, 15) is 0 Å². The number of nitrogens with two attached hydrogens (primary N) is 1. The molecule has 0 aliphatic carbocycles. The third-order valence-electron chi connectivity index (χ3n) is 3.84. The monoisotopic (exact) mass is 291 g/mol. The van der Waals surface area contributed by atoms with Gasteiger partial charge in [0.15, 0.2) is 0 Å². The van der Waals surface area contributed by atoms with Crippen molar-refractivity contribution in [2.75, 3.05) is 26.2 Å². The molecule has 1 fully saturated rings. The maximum atomic E-state index is 4.19. The Morgan fingerprint density at radius 3 is 1.84 bits per heavy atom. The Bertz CT molecular complexity index is 200. The molecule has 1 aliphatic rings. The summed E-state index contributed by atoms with van der Waals surface area (Å²) in [5.74, 6) is 0. The predicted octanol–water partition coefficient (Wildman–Crippen LogP) is 3.31. The Morgan fingerprint density at radius 2 is 1.47 bits per heavy atom. The Kier molecular flexibility index (Phi) is 12.4. The van der Waals surface area contributed by atoms with Gasteiger partial charge < -0.3 is 5.32 Å². The largest absolute Gasteiger partial charge is 0.314 e. The predicted molar refractivity (Wildman–Crippen MR) is 91.7 cm³/mol. The fourth-order valence-electron chi connectivity index (χ4n) is 2.68. The van der Waals surface area contributed by atoms with E-state index < -0.39 is 0 Å². The summed E-state index contributed by atoms with van der Waals surface area (Å²) in [7, 11) is 0. The van der Waals surface area contributed by atoms with Crippen LogP contribution in [-0.2, 0) is 0 Å². The van der Waals surface area contributed by atoms with Crippen molar-refractivity contribution >= 4 is 12.8 Å². The Balaban J connectivity index is 0. The molecular weight excluding hydrogens is 254 g/mol. The second kappa shape index (κ2) is 11.0. The van der Waals surface area contributed by atoms with Gasteiger partial charge in [0.2, 0.25) is 0 Å². The SMILES string of the molecule is CC.CCC(C)(C)CC(C)(C)N1CCNCC1.NS. The number of rotatable bonds is 4. The molecule has 1 aliphatic heterocycles. The molecule has 0 amide bonds. The summed E-state index contributed by atoms with van der Waals surface area (Å²) in [6, 6.07) is 0. The molecule has 19 heavy (non-hydrogen) atoms. The van der Waals surface area contributed by atoms with Crippen molar-refractivity contribution in [2.45, 2.75) is 66.8 Å². The summed E-state index contributed by atoms with van der Waals surface area (Å²) in [4.78, 5) is 2.64. The van der Waals surface area contributed by atoms with E-state index in [1.54, 1.807) is 0 Å². The van der Waals surface area contributed by atoms with Crippen LogP contribution in [0.25, 0.3) is 0 Å². The van der Waals surface area contributed by atoms with E-state index in [0.29, 0.717) is 11.0 Å². The fourth-order valence-corrected chi connectivity index (χ4v) is 2.68. The second-order valence-corrected chi connectivity index (χ2v) is 6.24. The van der Waals surface area contributed by atoms with Gasteiger partial charge in [-0.3, -0.25) is 10.0 Å². The summed E-state index contributed by atoms with van der Waals surface area (Å²) in [6.07, 6.45) is 2.55. The average molecular weight is 292 g/mol. The van der Waals surface area contributed by atoms with Crippen molar-refractivity contribution in [3.63, 3.8) is 0 Å². The van der Waals surface area contributed by atoms with Gasteiger partial charge >= 0.3 is 0 Å². The third kappa shape index (κ3) is 8.90. The van der Waals surface area contributed by atoms with Gasteiger partial charge in [-0.15, -0.1) is 12.8 Å². The highest BCUT2D eigenvalue weighted by Crippen LogP contribution is 2.34. The van der Waals surface area contributed by atoms with Gasteiger partial charge in [-0.05, 0) is 25.7 Å². The molecule has 1 saturated heterocycles. The molecule has 0 bridgehead atoms. The summed E-state index contributed by atoms with van der Waals surface area (Å²) < 4.78 is 0. The first kappa shape index (κ1) is 21.5. The average Bonchev–Trinajstić information content (AvgIpc) is 2.43. The summed E-state index contributed by atoms with van der Waals surface area (Å²) >= 11 is 3.03. The minimum absolute atomic E-state index is 0.349. The molecule has 4 heteroatoms. The van der Waals surface area contributed by atoms with Crippen LogP contribution in [0.4, 0.5) is 0 Å². The van der Waals surface area contributed by atoms with Gasteiger partial charge in [0.1, 0.15) is 0 Å².